The van der Waals surface area contributed by atoms with Gasteiger partial charge >= 0.3 is 7.12 Å². The predicted octanol–water partition coefficient (Wildman–Crippen LogP) is 5.78. The zero-order chi connectivity index (χ0) is 18.9. The molecule has 0 aromatic heterocycles. The van der Waals surface area contributed by atoms with Gasteiger partial charge in [-0.1, -0.05) is 49.4 Å². The molecule has 26 heavy (non-hydrogen) atoms. The lowest BCUT2D eigenvalue weighted by molar-refractivity contribution is 0.00578. The molecule has 1 aliphatic rings. The molecule has 0 amide bonds. The van der Waals surface area contributed by atoms with E-state index in [1.807, 2.05) is 45.9 Å². The van der Waals surface area contributed by atoms with Crippen molar-refractivity contribution < 1.29 is 13.7 Å². The highest BCUT2D eigenvalue weighted by Gasteiger charge is 2.53. The van der Waals surface area contributed by atoms with Crippen molar-refractivity contribution in [3.05, 3.63) is 71.5 Å². The van der Waals surface area contributed by atoms with Gasteiger partial charge in [0.1, 0.15) is 5.82 Å². The zero-order valence-corrected chi connectivity index (χ0v) is 16.2. The molecule has 1 saturated heterocycles. The van der Waals surface area contributed by atoms with Crippen molar-refractivity contribution in [3.63, 3.8) is 0 Å². The molecule has 3 rings (SSSR count). The van der Waals surface area contributed by atoms with E-state index in [0.29, 0.717) is 0 Å². The van der Waals surface area contributed by atoms with Gasteiger partial charge in [0.25, 0.3) is 0 Å². The first-order valence-electron chi connectivity index (χ1n) is 9.15. The van der Waals surface area contributed by atoms with Gasteiger partial charge in [-0.3, -0.25) is 0 Å². The van der Waals surface area contributed by atoms with Gasteiger partial charge in [-0.15, -0.1) is 0 Å². The van der Waals surface area contributed by atoms with Gasteiger partial charge in [-0.25, -0.2) is 4.39 Å². The molecule has 4 heteroatoms. The maximum atomic E-state index is 13.5. The monoisotopic (exact) mass is 352 g/mol. The first-order valence-corrected chi connectivity index (χ1v) is 9.15. The Balaban J connectivity index is 2.17. The van der Waals surface area contributed by atoms with Crippen molar-refractivity contribution in [2.75, 3.05) is 0 Å². The second-order valence-electron chi connectivity index (χ2n) is 7.71. The van der Waals surface area contributed by atoms with Crippen LogP contribution >= 0.6 is 0 Å². The second-order valence-corrected chi connectivity index (χ2v) is 7.71. The highest BCUT2D eigenvalue weighted by atomic mass is 19.1. The van der Waals surface area contributed by atoms with Gasteiger partial charge in [-0.05, 0) is 68.4 Å². The summed E-state index contributed by atoms with van der Waals surface area (Å²) >= 11 is 0. The van der Waals surface area contributed by atoms with E-state index in [1.54, 1.807) is 12.1 Å². The van der Waals surface area contributed by atoms with Gasteiger partial charge in [0.2, 0.25) is 0 Å². The number of hydrogen-bond acceptors (Lipinski definition) is 2. The average Bonchev–Trinajstić information content (AvgIpc) is 2.82. The highest BCUT2D eigenvalue weighted by molar-refractivity contribution is 6.71. The lowest BCUT2D eigenvalue weighted by Crippen LogP contribution is -2.41. The summed E-state index contributed by atoms with van der Waals surface area (Å²) in [5.41, 5.74) is 3.31. The number of halogens is 1. The molecule has 0 atom stereocenters. The molecule has 2 aromatic rings. The summed E-state index contributed by atoms with van der Waals surface area (Å²) in [6.45, 7) is 10.3. The molecule has 1 aliphatic heterocycles. The smallest absolute Gasteiger partial charge is 0.399 e. The molecule has 0 saturated carbocycles. The molecular formula is C22H26BFO2. The van der Waals surface area contributed by atoms with Gasteiger partial charge in [0.15, 0.2) is 0 Å². The van der Waals surface area contributed by atoms with Crippen molar-refractivity contribution in [1.82, 2.24) is 0 Å². The van der Waals surface area contributed by atoms with Crippen LogP contribution in [0.15, 0.2) is 54.6 Å². The van der Waals surface area contributed by atoms with Crippen LogP contribution < -0.4 is 0 Å². The molecule has 2 aromatic carbocycles. The van der Waals surface area contributed by atoms with Crippen LogP contribution in [0.4, 0.5) is 4.39 Å². The summed E-state index contributed by atoms with van der Waals surface area (Å²) in [6.07, 6.45) is 0.820. The molecule has 0 bridgehead atoms. The van der Waals surface area contributed by atoms with Crippen LogP contribution in [-0.2, 0) is 9.31 Å². The molecular weight excluding hydrogens is 326 g/mol. The van der Waals surface area contributed by atoms with Crippen molar-refractivity contribution >= 4 is 18.2 Å². The zero-order valence-electron chi connectivity index (χ0n) is 16.2. The fourth-order valence-corrected chi connectivity index (χ4v) is 3.23. The fourth-order valence-electron chi connectivity index (χ4n) is 3.23. The Kier molecular flexibility index (Phi) is 5.09. The van der Waals surface area contributed by atoms with E-state index >= 15 is 0 Å². The quantitative estimate of drug-likeness (QED) is 0.513. The third-order valence-corrected chi connectivity index (χ3v) is 5.45. The number of rotatable bonds is 4. The minimum atomic E-state index is -0.499. The van der Waals surface area contributed by atoms with Gasteiger partial charge in [-0.2, -0.15) is 0 Å². The summed E-state index contributed by atoms with van der Waals surface area (Å²) in [6, 6.07) is 16.8. The van der Waals surface area contributed by atoms with E-state index in [-0.39, 0.29) is 5.82 Å². The minimum absolute atomic E-state index is 0.250. The Morgan fingerprint density at radius 2 is 1.38 bits per heavy atom. The lowest BCUT2D eigenvalue weighted by atomic mass is 9.69. The maximum absolute atomic E-state index is 13.5. The molecule has 0 radical (unpaired) electrons. The molecule has 0 aliphatic carbocycles. The van der Waals surface area contributed by atoms with Crippen molar-refractivity contribution in [2.45, 2.75) is 52.2 Å². The molecule has 0 unspecified atom stereocenters. The van der Waals surface area contributed by atoms with E-state index < -0.39 is 18.3 Å². The van der Waals surface area contributed by atoms with Gasteiger partial charge in [0.05, 0.1) is 11.2 Å². The van der Waals surface area contributed by atoms with Crippen LogP contribution in [-0.4, -0.2) is 18.3 Å². The highest BCUT2D eigenvalue weighted by Crippen LogP contribution is 2.43. The first-order chi connectivity index (χ1) is 12.2. The largest absolute Gasteiger partial charge is 0.495 e. The maximum Gasteiger partial charge on any atom is 0.495 e. The van der Waals surface area contributed by atoms with E-state index in [4.69, 9.17) is 9.31 Å². The van der Waals surface area contributed by atoms with Gasteiger partial charge < -0.3 is 9.31 Å². The van der Waals surface area contributed by atoms with E-state index in [1.165, 1.54) is 12.1 Å². The van der Waals surface area contributed by atoms with Crippen LogP contribution in [0.2, 0.25) is 0 Å². The molecule has 2 nitrogen and oxygen atoms in total. The summed E-state index contributed by atoms with van der Waals surface area (Å²) in [5, 5.41) is 0. The second kappa shape index (κ2) is 7.01. The topological polar surface area (TPSA) is 18.5 Å². The summed E-state index contributed by atoms with van der Waals surface area (Å²) < 4.78 is 26.2. The third kappa shape index (κ3) is 3.49. The standard InChI is InChI=1S/C22H26BFO2/c1-6-19(16-10-8-7-9-11-16)20(17-12-14-18(24)15-13-17)23-25-21(2,3)22(4,5)26-23/h7-15H,6H2,1-5H3/b20-19-. The van der Waals surface area contributed by atoms with E-state index in [2.05, 4.69) is 19.1 Å². The Morgan fingerprint density at radius 1 is 0.846 bits per heavy atom. The van der Waals surface area contributed by atoms with Crippen molar-refractivity contribution in [1.29, 1.82) is 0 Å². The average molecular weight is 352 g/mol. The first kappa shape index (κ1) is 18.9. The number of hydrogen-bond donors (Lipinski definition) is 0. The van der Waals surface area contributed by atoms with Crippen molar-refractivity contribution in [2.24, 2.45) is 0 Å². The van der Waals surface area contributed by atoms with Crippen LogP contribution in [0.5, 0.6) is 0 Å². The normalized spacial score (nSPS) is 19.4. The molecule has 1 fully saturated rings. The van der Waals surface area contributed by atoms with E-state index in [0.717, 1.165) is 28.6 Å². The van der Waals surface area contributed by atoms with Crippen molar-refractivity contribution in [3.8, 4) is 0 Å². The van der Waals surface area contributed by atoms with Crippen LogP contribution in [0.3, 0.4) is 0 Å². The summed E-state index contributed by atoms with van der Waals surface area (Å²) in [5.74, 6) is -0.250. The van der Waals surface area contributed by atoms with Crippen LogP contribution in [0, 0.1) is 5.82 Å². The Bertz CT molecular complexity index is 779. The summed E-state index contributed by atoms with van der Waals surface area (Å²) in [4.78, 5) is 0. The lowest BCUT2D eigenvalue weighted by Gasteiger charge is -2.32. The third-order valence-electron chi connectivity index (χ3n) is 5.45. The Hall–Kier alpha value is -1.91. The van der Waals surface area contributed by atoms with Gasteiger partial charge in [0, 0.05) is 0 Å². The van der Waals surface area contributed by atoms with Crippen LogP contribution in [0.25, 0.3) is 11.0 Å². The SMILES string of the molecule is CC/C(=C(/B1OC(C)(C)C(C)(C)O1)c1ccc(F)cc1)c1ccccc1. The minimum Gasteiger partial charge on any atom is -0.399 e. The molecule has 1 heterocycles. The Morgan fingerprint density at radius 3 is 1.88 bits per heavy atom. The summed E-state index contributed by atoms with van der Waals surface area (Å²) in [7, 11) is -0.499. The fraction of sp³-hybridized carbons (Fsp3) is 0.364. The molecule has 0 spiro atoms. The predicted molar refractivity (Wildman–Crippen MR) is 106 cm³/mol. The van der Waals surface area contributed by atoms with E-state index in [9.17, 15) is 4.39 Å². The number of benzene rings is 2. The van der Waals surface area contributed by atoms with Crippen LogP contribution in [0.1, 0.15) is 52.2 Å². The molecule has 0 N–H and O–H groups in total. The number of allylic oxidation sites excluding steroid dienone is 1. The molecule has 136 valence electrons. The Labute approximate surface area is 156 Å².